The van der Waals surface area contributed by atoms with Crippen molar-refractivity contribution >= 4 is 23.5 Å². The minimum absolute atomic E-state index is 0.0220. The van der Waals surface area contributed by atoms with Crippen LogP contribution in [0.1, 0.15) is 20.3 Å². The molecule has 0 N–H and O–H groups in total. The minimum atomic E-state index is -0.122. The molecule has 3 fully saturated rings. The first-order valence-corrected chi connectivity index (χ1v) is 7.62. The molecule has 17 heavy (non-hydrogen) atoms. The number of hydrogen-bond acceptors (Lipinski definition) is 4. The number of Topliss-reactive ketones (excluding diaryl/α,β-unsaturated/α-hetero) is 1. The maximum atomic E-state index is 12.3. The number of carbonyl (C=O) groups excluding carboxylic acids is 2. The Kier molecular flexibility index (Phi) is 2.55. The van der Waals surface area contributed by atoms with Gasteiger partial charge in [0, 0.05) is 23.0 Å². The van der Waals surface area contributed by atoms with Crippen molar-refractivity contribution in [2.24, 2.45) is 29.6 Å². The van der Waals surface area contributed by atoms with E-state index in [-0.39, 0.29) is 35.6 Å². The van der Waals surface area contributed by atoms with Crippen molar-refractivity contribution in [1.29, 1.82) is 0 Å². The van der Waals surface area contributed by atoms with Crippen molar-refractivity contribution < 1.29 is 14.3 Å². The van der Waals surface area contributed by atoms with Crippen molar-refractivity contribution in [2.75, 3.05) is 6.26 Å². The lowest BCUT2D eigenvalue weighted by Crippen LogP contribution is -2.40. The molecule has 0 unspecified atom stereocenters. The molecule has 2 bridgehead atoms. The van der Waals surface area contributed by atoms with E-state index in [9.17, 15) is 9.59 Å². The first kappa shape index (κ1) is 11.6. The lowest BCUT2D eigenvalue weighted by atomic mass is 9.75. The molecule has 3 aliphatic rings. The summed E-state index contributed by atoms with van der Waals surface area (Å²) in [6.07, 6.45) is 3.16. The van der Waals surface area contributed by atoms with Crippen molar-refractivity contribution in [1.82, 2.24) is 0 Å². The van der Waals surface area contributed by atoms with Gasteiger partial charge in [0.25, 0.3) is 0 Å². The van der Waals surface area contributed by atoms with Gasteiger partial charge < -0.3 is 4.74 Å². The summed E-state index contributed by atoms with van der Waals surface area (Å²) in [5, 5.41) is 0.343. The van der Waals surface area contributed by atoms with E-state index in [4.69, 9.17) is 4.74 Å². The summed E-state index contributed by atoms with van der Waals surface area (Å²) in [5.41, 5.74) is 0. The van der Waals surface area contributed by atoms with Gasteiger partial charge in [0.05, 0.1) is 5.92 Å². The number of carbonyl (C=O) groups is 2. The number of hydrogen-bond donors (Lipinski definition) is 0. The first-order chi connectivity index (χ1) is 8.06. The standard InChI is InChI=1S/C13H18O3S/c1-5(2)10(14)8-7-4-6-9(8)13(15)16-11(6)12(7)17-3/h5-9,11-12H,4H2,1-3H3/t6-,7+,8-,9-,11+,12+/m1/s1. The molecule has 2 aliphatic carbocycles. The highest BCUT2D eigenvalue weighted by atomic mass is 32.2. The Hall–Kier alpha value is -0.510. The van der Waals surface area contributed by atoms with Crippen LogP contribution < -0.4 is 0 Å². The molecule has 0 amide bonds. The van der Waals surface area contributed by atoms with E-state index in [2.05, 4.69) is 6.26 Å². The molecule has 3 nitrogen and oxygen atoms in total. The summed E-state index contributed by atoms with van der Waals surface area (Å²) >= 11 is 1.76. The molecule has 1 saturated heterocycles. The van der Waals surface area contributed by atoms with Crippen LogP contribution in [-0.4, -0.2) is 29.4 Å². The van der Waals surface area contributed by atoms with Gasteiger partial charge in [-0.25, -0.2) is 0 Å². The number of esters is 1. The zero-order valence-corrected chi connectivity index (χ0v) is 11.2. The molecular weight excluding hydrogens is 236 g/mol. The van der Waals surface area contributed by atoms with Crippen LogP contribution in [0.4, 0.5) is 0 Å². The van der Waals surface area contributed by atoms with Crippen LogP contribution in [0.15, 0.2) is 0 Å². The van der Waals surface area contributed by atoms with Crippen LogP contribution in [0, 0.1) is 29.6 Å². The monoisotopic (exact) mass is 254 g/mol. The van der Waals surface area contributed by atoms with Gasteiger partial charge in [-0.2, -0.15) is 11.8 Å². The summed E-state index contributed by atoms with van der Waals surface area (Å²) in [4.78, 5) is 24.2. The Morgan fingerprint density at radius 1 is 1.41 bits per heavy atom. The highest BCUT2D eigenvalue weighted by Crippen LogP contribution is 2.61. The molecule has 1 heterocycles. The fourth-order valence-corrected chi connectivity index (χ4v) is 5.23. The van der Waals surface area contributed by atoms with E-state index >= 15 is 0 Å². The molecule has 0 spiro atoms. The van der Waals surface area contributed by atoms with Crippen molar-refractivity contribution in [2.45, 2.75) is 31.6 Å². The molecule has 0 aromatic rings. The Labute approximate surface area is 106 Å². The van der Waals surface area contributed by atoms with Gasteiger partial charge in [-0.1, -0.05) is 13.8 Å². The van der Waals surface area contributed by atoms with Crippen molar-refractivity contribution in [3.05, 3.63) is 0 Å². The molecule has 4 heteroatoms. The van der Waals surface area contributed by atoms with Crippen molar-refractivity contribution in [3.63, 3.8) is 0 Å². The fourth-order valence-electron chi connectivity index (χ4n) is 4.07. The van der Waals surface area contributed by atoms with Gasteiger partial charge >= 0.3 is 5.97 Å². The number of thioether (sulfide) groups is 1. The minimum Gasteiger partial charge on any atom is -0.461 e. The quantitative estimate of drug-likeness (QED) is 0.720. The van der Waals surface area contributed by atoms with Crippen LogP contribution in [0.5, 0.6) is 0 Å². The third-order valence-corrected chi connectivity index (χ3v) is 5.88. The van der Waals surface area contributed by atoms with Gasteiger partial charge in [-0.3, -0.25) is 9.59 Å². The zero-order valence-electron chi connectivity index (χ0n) is 10.4. The molecule has 6 atom stereocenters. The highest BCUT2D eigenvalue weighted by Gasteiger charge is 2.67. The topological polar surface area (TPSA) is 43.4 Å². The lowest BCUT2D eigenvalue weighted by molar-refractivity contribution is -0.146. The van der Waals surface area contributed by atoms with Crippen LogP contribution in [0.3, 0.4) is 0 Å². The summed E-state index contributed by atoms with van der Waals surface area (Å²) in [5.74, 6) is 0.668. The van der Waals surface area contributed by atoms with Gasteiger partial charge in [-0.05, 0) is 18.6 Å². The number of rotatable bonds is 3. The van der Waals surface area contributed by atoms with Crippen molar-refractivity contribution in [3.8, 4) is 0 Å². The van der Waals surface area contributed by atoms with Gasteiger partial charge in [0.15, 0.2) is 0 Å². The summed E-state index contributed by atoms with van der Waals surface area (Å²) in [7, 11) is 0. The predicted molar refractivity (Wildman–Crippen MR) is 65.6 cm³/mol. The molecule has 94 valence electrons. The zero-order chi connectivity index (χ0) is 12.3. The van der Waals surface area contributed by atoms with E-state index in [1.165, 1.54) is 0 Å². The number of fused-ring (bicyclic) bond motifs is 1. The van der Waals surface area contributed by atoms with E-state index in [0.29, 0.717) is 17.1 Å². The molecule has 3 rings (SSSR count). The Balaban J connectivity index is 1.96. The van der Waals surface area contributed by atoms with Crippen LogP contribution in [0.25, 0.3) is 0 Å². The van der Waals surface area contributed by atoms with E-state index in [0.717, 1.165) is 6.42 Å². The maximum absolute atomic E-state index is 12.3. The summed E-state index contributed by atoms with van der Waals surface area (Å²) in [6.45, 7) is 3.86. The first-order valence-electron chi connectivity index (χ1n) is 6.33. The third kappa shape index (κ3) is 1.36. The second-order valence-corrected chi connectivity index (χ2v) is 6.79. The average Bonchev–Trinajstić information content (AvgIpc) is 2.87. The maximum Gasteiger partial charge on any atom is 0.310 e. The molecule has 0 radical (unpaired) electrons. The second kappa shape index (κ2) is 3.74. The van der Waals surface area contributed by atoms with Crippen LogP contribution in [-0.2, 0) is 14.3 Å². The fraction of sp³-hybridized carbons (Fsp3) is 0.846. The SMILES string of the molecule is CS[C@H]1[C@H]2C[C@H]3[C@@H]1OC(=O)[C@H]3[C@@H]2C(=O)C(C)C. The Morgan fingerprint density at radius 3 is 2.71 bits per heavy atom. The molecule has 1 aliphatic heterocycles. The normalized spacial score (nSPS) is 46.7. The second-order valence-electron chi connectivity index (χ2n) is 5.77. The Morgan fingerprint density at radius 2 is 2.12 bits per heavy atom. The average molecular weight is 254 g/mol. The number of ketones is 1. The van der Waals surface area contributed by atoms with E-state index in [1.807, 2.05) is 13.8 Å². The van der Waals surface area contributed by atoms with E-state index < -0.39 is 0 Å². The summed E-state index contributed by atoms with van der Waals surface area (Å²) < 4.78 is 5.49. The summed E-state index contributed by atoms with van der Waals surface area (Å²) in [6, 6.07) is 0. The van der Waals surface area contributed by atoms with Gasteiger partial charge in [0.2, 0.25) is 0 Å². The number of ether oxygens (including phenoxy) is 1. The molecular formula is C13H18O3S. The highest BCUT2D eigenvalue weighted by molar-refractivity contribution is 7.99. The molecule has 2 saturated carbocycles. The lowest BCUT2D eigenvalue weighted by Gasteiger charge is -2.30. The van der Waals surface area contributed by atoms with Crippen LogP contribution >= 0.6 is 11.8 Å². The third-order valence-electron chi connectivity index (χ3n) is 4.72. The largest absolute Gasteiger partial charge is 0.461 e. The predicted octanol–water partition coefficient (Wildman–Crippen LogP) is 1.75. The molecule has 0 aromatic heterocycles. The smallest absolute Gasteiger partial charge is 0.310 e. The van der Waals surface area contributed by atoms with E-state index in [1.54, 1.807) is 11.8 Å². The molecule has 0 aromatic carbocycles. The van der Waals surface area contributed by atoms with Gasteiger partial charge in [0.1, 0.15) is 11.9 Å². The van der Waals surface area contributed by atoms with Gasteiger partial charge in [-0.15, -0.1) is 0 Å². The van der Waals surface area contributed by atoms with Crippen LogP contribution in [0.2, 0.25) is 0 Å². The Bertz CT molecular complexity index is 379.